The lowest BCUT2D eigenvalue weighted by Gasteiger charge is -2.34. The van der Waals surface area contributed by atoms with Crippen LogP contribution in [0.2, 0.25) is 0 Å². The molecule has 1 fully saturated rings. The standard InChI is InChI=1S/C11H19N3O/c1-13-11(15)10-6-2-4-8-14(10)9-5-3-7-12/h10H,2-6,8-9H2,1H3,(H,13,15). The van der Waals surface area contributed by atoms with Gasteiger partial charge in [-0.05, 0) is 32.4 Å². The predicted molar refractivity (Wildman–Crippen MR) is 58.1 cm³/mol. The molecule has 15 heavy (non-hydrogen) atoms. The van der Waals surface area contributed by atoms with Gasteiger partial charge in [0.05, 0.1) is 12.1 Å². The van der Waals surface area contributed by atoms with E-state index in [2.05, 4.69) is 16.3 Å². The Morgan fingerprint density at radius 1 is 1.60 bits per heavy atom. The second kappa shape index (κ2) is 6.41. The number of nitriles is 1. The predicted octanol–water partition coefficient (Wildman–Crippen LogP) is 0.891. The van der Waals surface area contributed by atoms with E-state index in [1.165, 1.54) is 6.42 Å². The van der Waals surface area contributed by atoms with Gasteiger partial charge in [0.2, 0.25) is 5.91 Å². The SMILES string of the molecule is CNC(=O)C1CCCCN1CCCC#N. The summed E-state index contributed by atoms with van der Waals surface area (Å²) >= 11 is 0. The number of hydrogen-bond donors (Lipinski definition) is 1. The topological polar surface area (TPSA) is 56.1 Å². The van der Waals surface area contributed by atoms with E-state index < -0.39 is 0 Å². The number of unbranched alkanes of at least 4 members (excludes halogenated alkanes) is 1. The number of carbonyl (C=O) groups excluding carboxylic acids is 1. The first-order valence-electron chi connectivity index (χ1n) is 5.62. The van der Waals surface area contributed by atoms with E-state index in [0.29, 0.717) is 6.42 Å². The molecule has 1 atom stereocenters. The van der Waals surface area contributed by atoms with E-state index in [4.69, 9.17) is 5.26 Å². The van der Waals surface area contributed by atoms with Crippen molar-refractivity contribution in [2.45, 2.75) is 38.1 Å². The Kier molecular flexibility index (Phi) is 5.13. The van der Waals surface area contributed by atoms with Crippen molar-refractivity contribution in [1.29, 1.82) is 5.26 Å². The summed E-state index contributed by atoms with van der Waals surface area (Å²) < 4.78 is 0. The highest BCUT2D eigenvalue weighted by Gasteiger charge is 2.27. The number of amides is 1. The maximum atomic E-state index is 11.6. The van der Waals surface area contributed by atoms with E-state index in [-0.39, 0.29) is 11.9 Å². The largest absolute Gasteiger partial charge is 0.358 e. The Balaban J connectivity index is 2.43. The van der Waals surface area contributed by atoms with Crippen molar-refractivity contribution in [2.24, 2.45) is 0 Å². The molecule has 1 rings (SSSR count). The number of rotatable bonds is 4. The molecule has 1 aliphatic heterocycles. The zero-order chi connectivity index (χ0) is 11.1. The highest BCUT2D eigenvalue weighted by molar-refractivity contribution is 5.81. The summed E-state index contributed by atoms with van der Waals surface area (Å²) in [6.45, 7) is 1.86. The molecule has 84 valence electrons. The fraction of sp³-hybridized carbons (Fsp3) is 0.818. The van der Waals surface area contributed by atoms with Gasteiger partial charge in [0.25, 0.3) is 0 Å². The summed E-state index contributed by atoms with van der Waals surface area (Å²) in [5, 5.41) is 11.2. The Labute approximate surface area is 91.2 Å². The Morgan fingerprint density at radius 2 is 2.40 bits per heavy atom. The first kappa shape index (κ1) is 12.0. The van der Waals surface area contributed by atoms with Crippen molar-refractivity contribution in [3.05, 3.63) is 0 Å². The monoisotopic (exact) mass is 209 g/mol. The van der Waals surface area contributed by atoms with Crippen molar-refractivity contribution in [2.75, 3.05) is 20.1 Å². The van der Waals surface area contributed by atoms with Crippen LogP contribution >= 0.6 is 0 Å². The van der Waals surface area contributed by atoms with Gasteiger partial charge in [0, 0.05) is 13.5 Å². The third kappa shape index (κ3) is 3.52. The second-order valence-electron chi connectivity index (χ2n) is 3.92. The van der Waals surface area contributed by atoms with E-state index in [0.717, 1.165) is 32.4 Å². The van der Waals surface area contributed by atoms with Gasteiger partial charge in [-0.15, -0.1) is 0 Å². The molecule has 0 aliphatic carbocycles. The third-order valence-corrected chi connectivity index (χ3v) is 2.90. The minimum Gasteiger partial charge on any atom is -0.358 e. The van der Waals surface area contributed by atoms with Crippen LogP contribution in [0.25, 0.3) is 0 Å². The molecule has 4 nitrogen and oxygen atoms in total. The zero-order valence-corrected chi connectivity index (χ0v) is 9.33. The quantitative estimate of drug-likeness (QED) is 0.700. The van der Waals surface area contributed by atoms with E-state index in [1.807, 2.05) is 0 Å². The number of likely N-dealkylation sites (tertiary alicyclic amines) is 1. The first-order valence-corrected chi connectivity index (χ1v) is 5.62. The Morgan fingerprint density at radius 3 is 3.07 bits per heavy atom. The maximum Gasteiger partial charge on any atom is 0.237 e. The van der Waals surface area contributed by atoms with Crippen LogP contribution in [0.3, 0.4) is 0 Å². The number of carbonyl (C=O) groups is 1. The molecule has 1 N–H and O–H groups in total. The lowest BCUT2D eigenvalue weighted by molar-refractivity contribution is -0.127. The maximum absolute atomic E-state index is 11.6. The molecule has 1 unspecified atom stereocenters. The normalized spacial score (nSPS) is 22.0. The molecule has 1 amide bonds. The summed E-state index contributed by atoms with van der Waals surface area (Å²) in [5.41, 5.74) is 0. The van der Waals surface area contributed by atoms with Gasteiger partial charge in [0.1, 0.15) is 0 Å². The summed E-state index contributed by atoms with van der Waals surface area (Å²) in [4.78, 5) is 13.8. The molecule has 0 bridgehead atoms. The van der Waals surface area contributed by atoms with Gasteiger partial charge < -0.3 is 5.32 Å². The summed E-state index contributed by atoms with van der Waals surface area (Å²) in [5.74, 6) is 0.117. The minimum atomic E-state index is 0.0300. The summed E-state index contributed by atoms with van der Waals surface area (Å²) in [7, 11) is 1.68. The number of nitrogens with one attached hydrogen (secondary N) is 1. The molecule has 0 spiro atoms. The average molecular weight is 209 g/mol. The minimum absolute atomic E-state index is 0.0300. The average Bonchev–Trinajstić information content (AvgIpc) is 2.29. The lowest BCUT2D eigenvalue weighted by Crippen LogP contribution is -2.48. The van der Waals surface area contributed by atoms with Crippen LogP contribution in [0.1, 0.15) is 32.1 Å². The Hall–Kier alpha value is -1.08. The van der Waals surface area contributed by atoms with Crippen LogP contribution in [0.5, 0.6) is 0 Å². The fourth-order valence-electron chi connectivity index (χ4n) is 2.08. The zero-order valence-electron chi connectivity index (χ0n) is 9.33. The van der Waals surface area contributed by atoms with Crippen molar-refractivity contribution in [1.82, 2.24) is 10.2 Å². The molecule has 0 saturated carbocycles. The van der Waals surface area contributed by atoms with Crippen LogP contribution in [0.15, 0.2) is 0 Å². The summed E-state index contributed by atoms with van der Waals surface area (Å²) in [6.07, 6.45) is 4.69. The number of nitrogens with zero attached hydrogens (tertiary/aromatic N) is 2. The number of piperidine rings is 1. The first-order chi connectivity index (χ1) is 7.29. The van der Waals surface area contributed by atoms with Gasteiger partial charge >= 0.3 is 0 Å². The smallest absolute Gasteiger partial charge is 0.237 e. The van der Waals surface area contributed by atoms with Crippen molar-refractivity contribution >= 4 is 5.91 Å². The lowest BCUT2D eigenvalue weighted by atomic mass is 10.0. The third-order valence-electron chi connectivity index (χ3n) is 2.90. The molecular weight excluding hydrogens is 190 g/mol. The van der Waals surface area contributed by atoms with E-state index in [1.54, 1.807) is 7.05 Å². The summed E-state index contributed by atoms with van der Waals surface area (Å²) in [6, 6.07) is 2.17. The molecule has 1 saturated heterocycles. The van der Waals surface area contributed by atoms with Crippen molar-refractivity contribution in [3.8, 4) is 6.07 Å². The van der Waals surface area contributed by atoms with Crippen LogP contribution < -0.4 is 5.32 Å². The van der Waals surface area contributed by atoms with E-state index >= 15 is 0 Å². The van der Waals surface area contributed by atoms with Gasteiger partial charge in [-0.3, -0.25) is 9.69 Å². The molecule has 0 aromatic heterocycles. The van der Waals surface area contributed by atoms with Crippen LogP contribution in [0, 0.1) is 11.3 Å². The molecular formula is C11H19N3O. The van der Waals surface area contributed by atoms with Crippen LogP contribution in [0.4, 0.5) is 0 Å². The highest BCUT2D eigenvalue weighted by Crippen LogP contribution is 2.17. The van der Waals surface area contributed by atoms with Gasteiger partial charge in [-0.1, -0.05) is 6.42 Å². The molecule has 0 aromatic carbocycles. The highest BCUT2D eigenvalue weighted by atomic mass is 16.2. The molecule has 1 heterocycles. The Bertz CT molecular complexity index is 247. The molecule has 1 aliphatic rings. The molecule has 0 radical (unpaired) electrons. The van der Waals surface area contributed by atoms with Gasteiger partial charge in [-0.25, -0.2) is 0 Å². The number of hydrogen-bond acceptors (Lipinski definition) is 3. The van der Waals surface area contributed by atoms with E-state index in [9.17, 15) is 4.79 Å². The van der Waals surface area contributed by atoms with Crippen molar-refractivity contribution in [3.63, 3.8) is 0 Å². The second-order valence-corrected chi connectivity index (χ2v) is 3.92. The fourth-order valence-corrected chi connectivity index (χ4v) is 2.08. The van der Waals surface area contributed by atoms with Gasteiger partial charge in [-0.2, -0.15) is 5.26 Å². The molecule has 0 aromatic rings. The van der Waals surface area contributed by atoms with Gasteiger partial charge in [0.15, 0.2) is 0 Å². The van der Waals surface area contributed by atoms with Crippen molar-refractivity contribution < 1.29 is 4.79 Å². The molecule has 4 heteroatoms. The van der Waals surface area contributed by atoms with Crippen LogP contribution in [-0.2, 0) is 4.79 Å². The number of likely N-dealkylation sites (N-methyl/N-ethyl adjacent to an activating group) is 1. The van der Waals surface area contributed by atoms with Crippen LogP contribution in [-0.4, -0.2) is 37.0 Å².